The van der Waals surface area contributed by atoms with Crippen molar-refractivity contribution in [2.24, 2.45) is 5.92 Å². The van der Waals surface area contributed by atoms with Gasteiger partial charge in [-0.3, -0.25) is 0 Å². The van der Waals surface area contributed by atoms with Crippen molar-refractivity contribution in [1.29, 1.82) is 0 Å². The minimum Gasteiger partial charge on any atom is -0.361 e. The largest absolute Gasteiger partial charge is 0.361 e. The van der Waals surface area contributed by atoms with E-state index in [1.54, 1.807) is 6.07 Å². The van der Waals surface area contributed by atoms with Gasteiger partial charge in [0.2, 0.25) is 10.0 Å². The molecule has 158 valence electrons. The van der Waals surface area contributed by atoms with Crippen LogP contribution in [0.5, 0.6) is 0 Å². The molecule has 1 aromatic carbocycles. The Balaban J connectivity index is 1.54. The van der Waals surface area contributed by atoms with E-state index in [1.165, 1.54) is 10.4 Å². The van der Waals surface area contributed by atoms with E-state index in [-0.39, 0.29) is 24.3 Å². The summed E-state index contributed by atoms with van der Waals surface area (Å²) in [6.07, 6.45) is 11.0. The lowest BCUT2D eigenvalue weighted by Gasteiger charge is -2.40. The third kappa shape index (κ3) is 4.27. The maximum absolute atomic E-state index is 14.9. The van der Waals surface area contributed by atoms with Crippen LogP contribution in [0.3, 0.4) is 0 Å². The van der Waals surface area contributed by atoms with Gasteiger partial charge in [0.1, 0.15) is 12.5 Å². The van der Waals surface area contributed by atoms with Gasteiger partial charge in [-0.05, 0) is 50.7 Å². The van der Waals surface area contributed by atoms with E-state index < -0.39 is 15.3 Å². The molecule has 4 rings (SSSR count). The van der Waals surface area contributed by atoms with Gasteiger partial charge in [-0.2, -0.15) is 4.31 Å². The van der Waals surface area contributed by atoms with Crippen LogP contribution >= 0.6 is 0 Å². The molecule has 5 nitrogen and oxygen atoms in total. The van der Waals surface area contributed by atoms with Gasteiger partial charge in [-0.15, -0.1) is 0 Å². The van der Waals surface area contributed by atoms with Crippen molar-refractivity contribution in [3.63, 3.8) is 0 Å². The molecule has 2 aliphatic heterocycles. The molecule has 3 aliphatic rings. The zero-order valence-corrected chi connectivity index (χ0v) is 17.7. The fourth-order valence-electron chi connectivity index (χ4n) is 4.51. The van der Waals surface area contributed by atoms with Crippen molar-refractivity contribution >= 4 is 15.7 Å². The van der Waals surface area contributed by atoms with Crippen molar-refractivity contribution in [3.8, 4) is 0 Å². The monoisotopic (exact) mass is 420 g/mol. The lowest BCUT2D eigenvalue weighted by atomic mass is 9.93. The normalized spacial score (nSPS) is 29.9. The molecule has 0 bridgehead atoms. The summed E-state index contributed by atoms with van der Waals surface area (Å²) in [5.41, 5.74) is 1.19. The highest BCUT2D eigenvalue weighted by Crippen LogP contribution is 2.35. The van der Waals surface area contributed by atoms with Gasteiger partial charge in [0, 0.05) is 30.4 Å². The van der Waals surface area contributed by atoms with E-state index in [0.29, 0.717) is 18.7 Å². The number of hydrogen-bond acceptors (Lipinski definition) is 4. The van der Waals surface area contributed by atoms with Crippen LogP contribution in [0.25, 0.3) is 0 Å². The quantitative estimate of drug-likeness (QED) is 0.743. The summed E-state index contributed by atoms with van der Waals surface area (Å²) in [6.45, 7) is 4.02. The molecule has 2 saturated heterocycles. The van der Waals surface area contributed by atoms with E-state index in [4.69, 9.17) is 4.74 Å². The molecule has 0 N–H and O–H groups in total. The van der Waals surface area contributed by atoms with Crippen molar-refractivity contribution in [2.75, 3.05) is 24.8 Å². The van der Waals surface area contributed by atoms with Crippen LogP contribution in [0.1, 0.15) is 38.2 Å². The molecule has 7 heteroatoms. The van der Waals surface area contributed by atoms with E-state index in [1.807, 2.05) is 42.2 Å². The number of halogens is 1. The highest BCUT2D eigenvalue weighted by Gasteiger charge is 2.42. The van der Waals surface area contributed by atoms with Crippen LogP contribution in [0, 0.1) is 11.7 Å². The minimum absolute atomic E-state index is 0.00803. The molecule has 1 unspecified atom stereocenters. The number of benzene rings is 1. The fraction of sp³-hybridized carbons (Fsp3) is 0.545. The lowest BCUT2D eigenvalue weighted by Crippen LogP contribution is -2.50. The van der Waals surface area contributed by atoms with Gasteiger partial charge in [0.15, 0.2) is 0 Å². The van der Waals surface area contributed by atoms with E-state index in [9.17, 15) is 12.8 Å². The topological polar surface area (TPSA) is 49.9 Å². The fourth-order valence-corrected chi connectivity index (χ4v) is 6.86. The van der Waals surface area contributed by atoms with Gasteiger partial charge >= 0.3 is 0 Å². The van der Waals surface area contributed by atoms with Crippen LogP contribution in [0.2, 0.25) is 0 Å². The Morgan fingerprint density at radius 3 is 2.79 bits per heavy atom. The number of rotatable bonds is 4. The Morgan fingerprint density at radius 2 is 2.10 bits per heavy atom. The predicted molar refractivity (Wildman–Crippen MR) is 113 cm³/mol. The molecular weight excluding hydrogens is 391 g/mol. The first-order valence-electron chi connectivity index (χ1n) is 10.4. The second-order valence-electron chi connectivity index (χ2n) is 8.20. The number of nitrogens with zero attached hydrogens (tertiary/aromatic N) is 2. The maximum Gasteiger partial charge on any atom is 0.218 e. The Kier molecular flexibility index (Phi) is 6.08. The standard InChI is InChI=1S/C22H29FN2O3S/c1-17-8-11-22(18-6-3-2-4-7-18)29(26,27)25(17)15-19-9-10-20(14-21(19)23)24-12-5-13-28-16-24/h2-4,6,9-10,14,17-18,22H,5,7-8,11-13,15-16H2,1H3/t17-,18?,22+/m0/s1. The molecule has 0 aromatic heterocycles. The summed E-state index contributed by atoms with van der Waals surface area (Å²) >= 11 is 0. The number of anilines is 1. The summed E-state index contributed by atoms with van der Waals surface area (Å²) in [4.78, 5) is 2.00. The Hall–Kier alpha value is -1.70. The zero-order chi connectivity index (χ0) is 20.4. The number of ether oxygens (including phenoxy) is 1. The summed E-state index contributed by atoms with van der Waals surface area (Å²) in [7, 11) is -3.51. The minimum atomic E-state index is -3.51. The third-order valence-electron chi connectivity index (χ3n) is 6.25. The highest BCUT2D eigenvalue weighted by molar-refractivity contribution is 7.89. The zero-order valence-electron chi connectivity index (χ0n) is 16.8. The Morgan fingerprint density at radius 1 is 1.24 bits per heavy atom. The molecule has 0 saturated carbocycles. The van der Waals surface area contributed by atoms with Crippen molar-refractivity contribution in [2.45, 2.75) is 50.4 Å². The third-order valence-corrected chi connectivity index (χ3v) is 8.75. The van der Waals surface area contributed by atoms with Crippen LogP contribution in [0.4, 0.5) is 10.1 Å². The lowest BCUT2D eigenvalue weighted by molar-refractivity contribution is 0.107. The van der Waals surface area contributed by atoms with Crippen molar-refractivity contribution in [3.05, 3.63) is 53.9 Å². The second-order valence-corrected chi connectivity index (χ2v) is 10.3. The van der Waals surface area contributed by atoms with Crippen molar-refractivity contribution in [1.82, 2.24) is 4.31 Å². The first-order chi connectivity index (χ1) is 14.0. The molecule has 0 amide bonds. The molecular formula is C22H29FN2O3S. The SMILES string of the molecule is C[C@H]1CC[C@H](C2C=CC=CC2)S(=O)(=O)N1Cc1ccc(N2CCCOC2)cc1F. The van der Waals surface area contributed by atoms with Crippen molar-refractivity contribution < 1.29 is 17.5 Å². The van der Waals surface area contributed by atoms with Crippen LogP contribution < -0.4 is 4.90 Å². The molecule has 2 heterocycles. The van der Waals surface area contributed by atoms with E-state index in [0.717, 1.165) is 38.1 Å². The number of allylic oxidation sites excluding steroid dienone is 4. The smallest absolute Gasteiger partial charge is 0.218 e. The highest BCUT2D eigenvalue weighted by atomic mass is 32.2. The first-order valence-corrected chi connectivity index (χ1v) is 11.9. The number of hydrogen-bond donors (Lipinski definition) is 0. The molecule has 1 aromatic rings. The van der Waals surface area contributed by atoms with Gasteiger partial charge in [0.25, 0.3) is 0 Å². The van der Waals surface area contributed by atoms with Crippen LogP contribution in [-0.2, 0) is 21.3 Å². The van der Waals surface area contributed by atoms with E-state index >= 15 is 0 Å². The summed E-state index contributed by atoms with van der Waals surface area (Å²) in [6, 6.07) is 4.95. The molecule has 2 fully saturated rings. The molecule has 29 heavy (non-hydrogen) atoms. The Bertz CT molecular complexity index is 893. The van der Waals surface area contributed by atoms with E-state index in [2.05, 4.69) is 0 Å². The van der Waals surface area contributed by atoms with Gasteiger partial charge in [-0.1, -0.05) is 30.4 Å². The Labute approximate surface area is 172 Å². The molecule has 3 atom stereocenters. The molecule has 1 aliphatic carbocycles. The molecule has 0 radical (unpaired) electrons. The van der Waals surface area contributed by atoms with Gasteiger partial charge < -0.3 is 9.64 Å². The van der Waals surface area contributed by atoms with Gasteiger partial charge in [0.05, 0.1) is 11.9 Å². The summed E-state index contributed by atoms with van der Waals surface area (Å²) in [5, 5.41) is -0.437. The predicted octanol–water partition coefficient (Wildman–Crippen LogP) is 3.82. The van der Waals surface area contributed by atoms with Gasteiger partial charge in [-0.25, -0.2) is 12.8 Å². The average Bonchev–Trinajstić information content (AvgIpc) is 2.73. The molecule has 0 spiro atoms. The van der Waals surface area contributed by atoms with Crippen LogP contribution in [-0.4, -0.2) is 43.9 Å². The first kappa shape index (κ1) is 20.6. The maximum atomic E-state index is 14.9. The van der Waals surface area contributed by atoms with Crippen LogP contribution in [0.15, 0.2) is 42.5 Å². The average molecular weight is 421 g/mol. The summed E-state index contributed by atoms with van der Waals surface area (Å²) in [5.74, 6) is -0.371. The number of sulfonamides is 1. The second kappa shape index (κ2) is 8.58. The summed E-state index contributed by atoms with van der Waals surface area (Å²) < 4.78 is 48.6.